The topological polar surface area (TPSA) is 93.2 Å². The van der Waals surface area contributed by atoms with Crippen molar-refractivity contribution in [3.05, 3.63) is 71.8 Å². The Morgan fingerprint density at radius 3 is 2.36 bits per heavy atom. The molecule has 7 nitrogen and oxygen atoms in total. The summed E-state index contributed by atoms with van der Waals surface area (Å²) in [5.41, 5.74) is 2.13. The molecule has 0 atom stereocenters. The zero-order valence-electron chi connectivity index (χ0n) is 15.7. The Morgan fingerprint density at radius 2 is 1.68 bits per heavy atom. The number of nitrogens with one attached hydrogen (secondary N) is 2. The Morgan fingerprint density at radius 1 is 0.964 bits per heavy atom. The van der Waals surface area contributed by atoms with Crippen LogP contribution >= 0.6 is 0 Å². The van der Waals surface area contributed by atoms with E-state index in [1.54, 1.807) is 43.5 Å². The van der Waals surface area contributed by atoms with Crippen molar-refractivity contribution < 1.29 is 13.2 Å². The number of benzene rings is 2. The van der Waals surface area contributed by atoms with E-state index in [4.69, 9.17) is 4.74 Å². The zero-order chi connectivity index (χ0) is 20.0. The molecule has 0 bridgehead atoms. The van der Waals surface area contributed by atoms with E-state index in [9.17, 15) is 8.42 Å². The van der Waals surface area contributed by atoms with Crippen molar-refractivity contribution in [3.8, 4) is 5.75 Å². The summed E-state index contributed by atoms with van der Waals surface area (Å²) in [6.45, 7) is 2.56. The fourth-order valence-corrected chi connectivity index (χ4v) is 3.55. The van der Waals surface area contributed by atoms with Crippen molar-refractivity contribution in [2.45, 2.75) is 18.2 Å². The van der Waals surface area contributed by atoms with Gasteiger partial charge in [-0.3, -0.25) is 4.72 Å². The molecule has 0 radical (unpaired) electrons. The Kier molecular flexibility index (Phi) is 6.10. The molecule has 2 N–H and O–H groups in total. The van der Waals surface area contributed by atoms with Gasteiger partial charge in [0, 0.05) is 6.54 Å². The molecular weight excluding hydrogens is 376 g/mol. The van der Waals surface area contributed by atoms with E-state index in [2.05, 4.69) is 20.2 Å². The minimum Gasteiger partial charge on any atom is -0.497 e. The van der Waals surface area contributed by atoms with Gasteiger partial charge in [-0.25, -0.2) is 8.42 Å². The summed E-state index contributed by atoms with van der Waals surface area (Å²) in [7, 11) is -2.05. The number of anilines is 2. The van der Waals surface area contributed by atoms with E-state index in [0.29, 0.717) is 12.4 Å². The lowest BCUT2D eigenvalue weighted by Gasteiger charge is -2.09. The van der Waals surface area contributed by atoms with Crippen molar-refractivity contribution in [2.75, 3.05) is 23.7 Å². The molecule has 0 fully saturated rings. The smallest absolute Gasteiger partial charge is 0.263 e. The highest BCUT2D eigenvalue weighted by molar-refractivity contribution is 7.92. The van der Waals surface area contributed by atoms with Crippen LogP contribution in [0.3, 0.4) is 0 Å². The number of aromatic nitrogens is 2. The van der Waals surface area contributed by atoms with Gasteiger partial charge in [0.05, 0.1) is 12.0 Å². The summed E-state index contributed by atoms with van der Waals surface area (Å²) >= 11 is 0. The van der Waals surface area contributed by atoms with E-state index in [1.165, 1.54) is 0 Å². The van der Waals surface area contributed by atoms with E-state index in [-0.39, 0.29) is 10.7 Å². The first kappa shape index (κ1) is 19.6. The minimum absolute atomic E-state index is 0.166. The lowest BCUT2D eigenvalue weighted by Crippen LogP contribution is -2.15. The third-order valence-corrected chi connectivity index (χ3v) is 5.46. The highest BCUT2D eigenvalue weighted by Gasteiger charge is 2.14. The maximum absolute atomic E-state index is 12.4. The molecule has 1 aromatic heterocycles. The molecule has 8 heteroatoms. The number of hydrogen-bond acceptors (Lipinski definition) is 6. The number of sulfonamides is 1. The van der Waals surface area contributed by atoms with Crippen LogP contribution < -0.4 is 14.8 Å². The summed E-state index contributed by atoms with van der Waals surface area (Å²) < 4.78 is 32.4. The molecule has 3 rings (SSSR count). The predicted molar refractivity (Wildman–Crippen MR) is 109 cm³/mol. The normalized spacial score (nSPS) is 11.1. The molecule has 3 aromatic rings. The molecule has 0 spiro atoms. The third kappa shape index (κ3) is 5.20. The minimum atomic E-state index is -3.69. The maximum Gasteiger partial charge on any atom is 0.263 e. The van der Waals surface area contributed by atoms with Gasteiger partial charge in [0.1, 0.15) is 11.6 Å². The highest BCUT2D eigenvalue weighted by atomic mass is 32.2. The Bertz CT molecular complexity index is 1020. The van der Waals surface area contributed by atoms with E-state index >= 15 is 0 Å². The molecule has 0 saturated carbocycles. The molecule has 0 aliphatic rings. The number of nitrogens with zero attached hydrogens (tertiary/aromatic N) is 2. The third-order valence-electron chi connectivity index (χ3n) is 4.09. The quantitative estimate of drug-likeness (QED) is 0.605. The van der Waals surface area contributed by atoms with Crippen molar-refractivity contribution in [2.24, 2.45) is 0 Å². The van der Waals surface area contributed by atoms with Crippen LogP contribution in [0.2, 0.25) is 0 Å². The molecule has 28 heavy (non-hydrogen) atoms. The lowest BCUT2D eigenvalue weighted by atomic mass is 10.1. The Hall–Kier alpha value is -3.13. The molecular formula is C20H22N4O3S. The number of ether oxygens (including phenoxy) is 1. The van der Waals surface area contributed by atoms with Gasteiger partial charge >= 0.3 is 0 Å². The van der Waals surface area contributed by atoms with Crippen LogP contribution in [0.5, 0.6) is 5.75 Å². The molecule has 0 amide bonds. The van der Waals surface area contributed by atoms with Crippen LogP contribution in [0, 0.1) is 6.92 Å². The largest absolute Gasteiger partial charge is 0.497 e. The summed E-state index contributed by atoms with van der Waals surface area (Å²) in [5, 5.41) is 11.1. The van der Waals surface area contributed by atoms with Crippen LogP contribution in [0.15, 0.2) is 65.6 Å². The lowest BCUT2D eigenvalue weighted by molar-refractivity contribution is 0.414. The molecule has 146 valence electrons. The second kappa shape index (κ2) is 8.71. The van der Waals surface area contributed by atoms with E-state index in [0.717, 1.165) is 23.3 Å². The first-order valence-electron chi connectivity index (χ1n) is 8.76. The SMILES string of the molecule is COc1cccc(CCNc2ccc(NS(=O)(=O)c3ccc(C)cc3)nn2)c1. The molecule has 0 unspecified atom stereocenters. The van der Waals surface area contributed by atoms with Gasteiger partial charge in [-0.1, -0.05) is 29.8 Å². The van der Waals surface area contributed by atoms with Crippen molar-refractivity contribution in [1.29, 1.82) is 0 Å². The van der Waals surface area contributed by atoms with Crippen LogP contribution in [-0.4, -0.2) is 32.3 Å². The standard InChI is InChI=1S/C20H22N4O3S/c1-15-6-8-18(9-7-15)28(25,26)24-20-11-10-19(22-23-20)21-13-12-16-4-3-5-17(14-16)27-2/h3-11,14H,12-13H2,1-2H3,(H,21,22)(H,23,24). The molecule has 0 aliphatic heterocycles. The second-order valence-electron chi connectivity index (χ2n) is 6.25. The van der Waals surface area contributed by atoms with Gasteiger partial charge < -0.3 is 10.1 Å². The summed E-state index contributed by atoms with van der Waals surface area (Å²) in [4.78, 5) is 0.181. The first-order chi connectivity index (χ1) is 13.5. The van der Waals surface area contributed by atoms with Crippen LogP contribution in [0.25, 0.3) is 0 Å². The Labute approximate surface area is 164 Å². The fourth-order valence-electron chi connectivity index (χ4n) is 2.56. The Balaban J connectivity index is 1.56. The number of methoxy groups -OCH3 is 1. The van der Waals surface area contributed by atoms with Gasteiger partial charge in [-0.05, 0) is 55.3 Å². The second-order valence-corrected chi connectivity index (χ2v) is 7.93. The van der Waals surface area contributed by atoms with Crippen molar-refractivity contribution >= 4 is 21.7 Å². The number of rotatable bonds is 8. The molecule has 2 aromatic carbocycles. The van der Waals surface area contributed by atoms with Crippen molar-refractivity contribution in [1.82, 2.24) is 10.2 Å². The molecule has 1 heterocycles. The van der Waals surface area contributed by atoms with E-state index in [1.807, 2.05) is 31.2 Å². The first-order valence-corrected chi connectivity index (χ1v) is 10.2. The van der Waals surface area contributed by atoms with E-state index < -0.39 is 10.0 Å². The average molecular weight is 398 g/mol. The van der Waals surface area contributed by atoms with Gasteiger partial charge in [-0.15, -0.1) is 10.2 Å². The van der Waals surface area contributed by atoms with Gasteiger partial charge in [-0.2, -0.15) is 0 Å². The van der Waals surface area contributed by atoms with Crippen LogP contribution in [-0.2, 0) is 16.4 Å². The average Bonchev–Trinajstić information content (AvgIpc) is 2.69. The van der Waals surface area contributed by atoms with Gasteiger partial charge in [0.2, 0.25) is 0 Å². The fraction of sp³-hybridized carbons (Fsp3) is 0.200. The van der Waals surface area contributed by atoms with Crippen LogP contribution in [0.4, 0.5) is 11.6 Å². The van der Waals surface area contributed by atoms with Crippen LogP contribution in [0.1, 0.15) is 11.1 Å². The maximum atomic E-state index is 12.4. The molecule has 0 aliphatic carbocycles. The van der Waals surface area contributed by atoms with Gasteiger partial charge in [0.15, 0.2) is 5.82 Å². The summed E-state index contributed by atoms with van der Waals surface area (Å²) in [6, 6.07) is 17.7. The highest BCUT2D eigenvalue weighted by Crippen LogP contribution is 2.16. The van der Waals surface area contributed by atoms with Crippen molar-refractivity contribution in [3.63, 3.8) is 0 Å². The van der Waals surface area contributed by atoms with Gasteiger partial charge in [0.25, 0.3) is 10.0 Å². The summed E-state index contributed by atoms with van der Waals surface area (Å²) in [6.07, 6.45) is 0.792. The number of hydrogen-bond donors (Lipinski definition) is 2. The monoisotopic (exact) mass is 398 g/mol. The zero-order valence-corrected chi connectivity index (χ0v) is 16.5. The molecule has 0 saturated heterocycles. The predicted octanol–water partition coefficient (Wildman–Crippen LogP) is 3.25. The summed E-state index contributed by atoms with van der Waals surface area (Å²) in [5.74, 6) is 1.56. The number of aryl methyl sites for hydroxylation is 1.